The fourth-order valence-corrected chi connectivity index (χ4v) is 2.75. The third kappa shape index (κ3) is 3.94. The normalized spacial score (nSPS) is 12.4. The van der Waals surface area contributed by atoms with Gasteiger partial charge in [0.2, 0.25) is 0 Å². The van der Waals surface area contributed by atoms with Gasteiger partial charge in [0.25, 0.3) is 0 Å². The summed E-state index contributed by atoms with van der Waals surface area (Å²) in [7, 11) is 0. The molecule has 0 amide bonds. The molecule has 0 spiro atoms. The zero-order valence-electron chi connectivity index (χ0n) is 14.0. The number of benzene rings is 1. The first-order chi connectivity index (χ1) is 11.5. The molecule has 0 saturated heterocycles. The Kier molecular flexibility index (Phi) is 5.98. The summed E-state index contributed by atoms with van der Waals surface area (Å²) in [5.74, 6) is -0.954. The number of hydrogen-bond donors (Lipinski definition) is 3. The summed E-state index contributed by atoms with van der Waals surface area (Å²) in [4.78, 5) is 23.1. The van der Waals surface area contributed by atoms with Crippen LogP contribution in [0.15, 0.2) is 27.4 Å². The molecule has 0 bridgehead atoms. The standard InChI is InChI=1S/C18H23NO5/c1-3-5-6-14(18(22)23)19-10-13-15(20)8-7-12-11(4-2)9-16(21)24-17(12)13/h7-9,14,19-20H,3-6,10H2,1-2H3,(H,22,23)/t14-/m0/s1. The molecule has 3 N–H and O–H groups in total. The van der Waals surface area contributed by atoms with Gasteiger partial charge in [-0.15, -0.1) is 0 Å². The molecule has 0 aliphatic carbocycles. The SMILES string of the molecule is CCCC[C@H](NCc1c(O)ccc2c(CC)cc(=O)oc12)C(=O)O. The number of carboxylic acids is 1. The second-order valence-corrected chi connectivity index (χ2v) is 5.80. The number of aryl methyl sites for hydroxylation is 1. The number of aliphatic carboxylic acids is 1. The molecular formula is C18H23NO5. The maximum Gasteiger partial charge on any atom is 0.336 e. The van der Waals surface area contributed by atoms with E-state index in [-0.39, 0.29) is 12.3 Å². The van der Waals surface area contributed by atoms with Crippen molar-refractivity contribution < 1.29 is 19.4 Å². The Hall–Kier alpha value is -2.34. The summed E-state index contributed by atoms with van der Waals surface area (Å²) in [6, 6.07) is 3.99. The van der Waals surface area contributed by atoms with Crippen LogP contribution in [0.4, 0.5) is 0 Å². The van der Waals surface area contributed by atoms with Crippen molar-refractivity contribution in [3.63, 3.8) is 0 Å². The number of phenolic OH excluding ortho intramolecular Hbond substituents is 1. The van der Waals surface area contributed by atoms with Crippen molar-refractivity contribution in [2.24, 2.45) is 0 Å². The summed E-state index contributed by atoms with van der Waals surface area (Å²) in [6.45, 7) is 4.04. The van der Waals surface area contributed by atoms with E-state index in [1.165, 1.54) is 6.07 Å². The highest BCUT2D eigenvalue weighted by Crippen LogP contribution is 2.28. The maximum absolute atomic E-state index is 11.8. The van der Waals surface area contributed by atoms with Gasteiger partial charge in [-0.05, 0) is 30.5 Å². The summed E-state index contributed by atoms with van der Waals surface area (Å²) < 4.78 is 5.29. The van der Waals surface area contributed by atoms with E-state index in [0.29, 0.717) is 24.0 Å². The predicted molar refractivity (Wildman–Crippen MR) is 91.3 cm³/mol. The molecule has 0 aliphatic heterocycles. The molecule has 1 atom stereocenters. The first-order valence-corrected chi connectivity index (χ1v) is 8.21. The van der Waals surface area contributed by atoms with Crippen LogP contribution in [0.2, 0.25) is 0 Å². The van der Waals surface area contributed by atoms with Gasteiger partial charge in [0.1, 0.15) is 17.4 Å². The number of carboxylic acid groups (broad SMARTS) is 1. The van der Waals surface area contributed by atoms with Gasteiger partial charge < -0.3 is 19.9 Å². The first-order valence-electron chi connectivity index (χ1n) is 8.21. The van der Waals surface area contributed by atoms with Crippen molar-refractivity contribution in [2.75, 3.05) is 0 Å². The summed E-state index contributed by atoms with van der Waals surface area (Å²) in [5, 5.41) is 23.1. The van der Waals surface area contributed by atoms with E-state index in [4.69, 9.17) is 4.42 Å². The maximum atomic E-state index is 11.8. The van der Waals surface area contributed by atoms with Crippen molar-refractivity contribution in [1.29, 1.82) is 0 Å². The Morgan fingerprint density at radius 3 is 2.71 bits per heavy atom. The van der Waals surface area contributed by atoms with Crippen molar-refractivity contribution in [2.45, 2.75) is 52.1 Å². The van der Waals surface area contributed by atoms with Crippen LogP contribution in [0, 0.1) is 0 Å². The van der Waals surface area contributed by atoms with Crippen LogP contribution in [0.25, 0.3) is 11.0 Å². The molecule has 1 aromatic carbocycles. The van der Waals surface area contributed by atoms with Gasteiger partial charge in [0.15, 0.2) is 0 Å². The lowest BCUT2D eigenvalue weighted by molar-refractivity contribution is -0.139. The minimum atomic E-state index is -0.932. The number of carbonyl (C=O) groups is 1. The second-order valence-electron chi connectivity index (χ2n) is 5.80. The lowest BCUT2D eigenvalue weighted by atomic mass is 10.0. The van der Waals surface area contributed by atoms with Crippen LogP contribution in [0.5, 0.6) is 5.75 Å². The third-order valence-corrected chi connectivity index (χ3v) is 4.13. The highest BCUT2D eigenvalue weighted by Gasteiger charge is 2.19. The van der Waals surface area contributed by atoms with Crippen LogP contribution in [0.1, 0.15) is 44.2 Å². The lowest BCUT2D eigenvalue weighted by Gasteiger charge is -2.16. The van der Waals surface area contributed by atoms with E-state index in [1.807, 2.05) is 13.8 Å². The first kappa shape index (κ1) is 18.0. The van der Waals surface area contributed by atoms with Gasteiger partial charge in [0, 0.05) is 18.0 Å². The Labute approximate surface area is 140 Å². The van der Waals surface area contributed by atoms with Crippen LogP contribution in [0.3, 0.4) is 0 Å². The molecule has 0 radical (unpaired) electrons. The minimum absolute atomic E-state index is 0.0222. The van der Waals surface area contributed by atoms with Gasteiger partial charge >= 0.3 is 11.6 Å². The van der Waals surface area contributed by atoms with E-state index in [1.54, 1.807) is 12.1 Å². The van der Waals surface area contributed by atoms with E-state index in [9.17, 15) is 19.8 Å². The Bertz CT molecular complexity index is 781. The zero-order chi connectivity index (χ0) is 17.7. The zero-order valence-corrected chi connectivity index (χ0v) is 14.0. The topological polar surface area (TPSA) is 99.8 Å². The van der Waals surface area contributed by atoms with E-state index in [0.717, 1.165) is 23.8 Å². The molecule has 0 saturated carbocycles. The molecule has 6 heteroatoms. The fraction of sp³-hybridized carbons (Fsp3) is 0.444. The van der Waals surface area contributed by atoms with Crippen molar-refractivity contribution >= 4 is 16.9 Å². The number of hydrogen-bond acceptors (Lipinski definition) is 5. The number of aromatic hydroxyl groups is 1. The van der Waals surface area contributed by atoms with Gasteiger partial charge in [0.05, 0.1) is 5.56 Å². The summed E-state index contributed by atoms with van der Waals surface area (Å²) in [6.07, 6.45) is 2.86. The Morgan fingerprint density at radius 1 is 1.33 bits per heavy atom. The highest BCUT2D eigenvalue weighted by atomic mass is 16.4. The molecule has 0 fully saturated rings. The van der Waals surface area contributed by atoms with Crippen LogP contribution >= 0.6 is 0 Å². The number of nitrogens with one attached hydrogen (secondary N) is 1. The smallest absolute Gasteiger partial charge is 0.336 e. The number of phenols is 1. The third-order valence-electron chi connectivity index (χ3n) is 4.13. The van der Waals surface area contributed by atoms with Crippen molar-refractivity contribution in [3.05, 3.63) is 39.7 Å². The van der Waals surface area contributed by atoms with Gasteiger partial charge in [-0.3, -0.25) is 4.79 Å². The van der Waals surface area contributed by atoms with Crippen LogP contribution < -0.4 is 10.9 Å². The fourth-order valence-electron chi connectivity index (χ4n) is 2.75. The number of fused-ring (bicyclic) bond motifs is 1. The number of rotatable bonds is 8. The molecule has 2 aromatic rings. The van der Waals surface area contributed by atoms with Crippen molar-refractivity contribution in [3.8, 4) is 5.75 Å². The number of unbranched alkanes of at least 4 members (excludes halogenated alkanes) is 1. The largest absolute Gasteiger partial charge is 0.507 e. The molecule has 0 unspecified atom stereocenters. The second kappa shape index (κ2) is 7.97. The molecule has 24 heavy (non-hydrogen) atoms. The molecule has 130 valence electrons. The monoisotopic (exact) mass is 333 g/mol. The molecule has 1 aromatic heterocycles. The predicted octanol–water partition coefficient (Wildman–Crippen LogP) is 2.79. The molecular weight excluding hydrogens is 310 g/mol. The van der Waals surface area contributed by atoms with Gasteiger partial charge in [-0.1, -0.05) is 26.7 Å². The highest BCUT2D eigenvalue weighted by molar-refractivity contribution is 5.85. The Balaban J connectivity index is 2.37. The van der Waals surface area contributed by atoms with Crippen molar-refractivity contribution in [1.82, 2.24) is 5.32 Å². The Morgan fingerprint density at radius 2 is 2.08 bits per heavy atom. The average molecular weight is 333 g/mol. The van der Waals surface area contributed by atoms with E-state index < -0.39 is 17.6 Å². The summed E-state index contributed by atoms with van der Waals surface area (Å²) >= 11 is 0. The average Bonchev–Trinajstić information content (AvgIpc) is 2.55. The minimum Gasteiger partial charge on any atom is -0.507 e. The molecule has 0 aliphatic rings. The molecule has 2 rings (SSSR count). The van der Waals surface area contributed by atoms with Crippen LogP contribution in [-0.2, 0) is 17.8 Å². The van der Waals surface area contributed by atoms with Crippen LogP contribution in [-0.4, -0.2) is 22.2 Å². The molecule has 1 heterocycles. The van der Waals surface area contributed by atoms with E-state index in [2.05, 4.69) is 5.32 Å². The van der Waals surface area contributed by atoms with Gasteiger partial charge in [-0.2, -0.15) is 0 Å². The summed E-state index contributed by atoms with van der Waals surface area (Å²) in [5.41, 5.74) is 1.07. The molecule has 6 nitrogen and oxygen atoms in total. The van der Waals surface area contributed by atoms with Gasteiger partial charge in [-0.25, -0.2) is 4.79 Å². The quantitative estimate of drug-likeness (QED) is 0.642. The lowest BCUT2D eigenvalue weighted by Crippen LogP contribution is -2.36. The van der Waals surface area contributed by atoms with E-state index >= 15 is 0 Å².